The van der Waals surface area contributed by atoms with Gasteiger partial charge in [0, 0.05) is 2.74 Å². The molecule has 0 aromatic heterocycles. The van der Waals surface area contributed by atoms with Gasteiger partial charge in [-0.25, -0.2) is 0 Å². The molecule has 0 saturated heterocycles. The fourth-order valence-corrected chi connectivity index (χ4v) is 0.628. The molecule has 74 valence electrons. The van der Waals surface area contributed by atoms with Crippen molar-refractivity contribution in [3.63, 3.8) is 0 Å². The number of ketones is 2. The van der Waals surface area contributed by atoms with E-state index in [0.29, 0.717) is 0 Å². The summed E-state index contributed by atoms with van der Waals surface area (Å²) in [5, 5.41) is 8.75. The summed E-state index contributed by atoms with van der Waals surface area (Å²) < 4.78 is 44.4. The Morgan fingerprint density at radius 2 is 2.29 bits per heavy atom. The van der Waals surface area contributed by atoms with Crippen LogP contribution in [-0.2, 0) is 14.4 Å². The lowest BCUT2D eigenvalue weighted by atomic mass is 10.1. The van der Waals surface area contributed by atoms with Crippen LogP contribution in [0.2, 0.25) is 0 Å². The minimum Gasteiger partial charge on any atom is -0.480 e. The average molecular weight is 202 g/mol. The minimum atomic E-state index is -3.32. The lowest BCUT2D eigenvalue weighted by Gasteiger charge is -2.08. The van der Waals surface area contributed by atoms with E-state index in [-0.39, 0.29) is 0 Å². The minimum absolute atomic E-state index is 1.13. The molecule has 14 heavy (non-hydrogen) atoms. The van der Waals surface area contributed by atoms with E-state index in [0.717, 1.165) is 0 Å². The smallest absolute Gasteiger partial charge is 0.320 e. The lowest BCUT2D eigenvalue weighted by molar-refractivity contribution is -0.138. The quantitative estimate of drug-likeness (QED) is 0.362. The van der Waals surface area contributed by atoms with Gasteiger partial charge in [0.1, 0.15) is 6.02 Å². The molecule has 0 radical (unpaired) electrons. The molecule has 1 aliphatic rings. The molecule has 0 heterocycles. The van der Waals surface area contributed by atoms with Crippen molar-refractivity contribution in [1.29, 1.82) is 0 Å². The molecular formula is C9H9NO4. The van der Waals surface area contributed by atoms with E-state index < -0.39 is 53.7 Å². The zero-order chi connectivity index (χ0) is 16.0. The standard InChI is InChI=1S/C9H9NO4/c10-6(9(13)14)3-5-1-2-7(11)8(12)4-5/h1-2,4,6H,3,10H2,(H,13,14)/i1D,2D,3+1D2,4D,6D. The number of carboxylic acids is 1. The zero-order valence-electron chi connectivity index (χ0n) is 12.7. The van der Waals surface area contributed by atoms with E-state index >= 15 is 0 Å². The number of allylic oxidation sites excluding steroid dienone is 3. The molecule has 3 N–H and O–H groups in total. The first-order chi connectivity index (χ1) is 8.87. The Hall–Kier alpha value is -1.75. The summed E-state index contributed by atoms with van der Waals surface area (Å²) in [5.74, 6) is -5.11. The normalized spacial score (nSPS) is 29.5. The van der Waals surface area contributed by atoms with Crippen LogP contribution in [0.3, 0.4) is 0 Å². The third kappa shape index (κ3) is 2.37. The number of carboxylic acid groups (broad SMARTS) is 1. The van der Waals surface area contributed by atoms with E-state index in [1.54, 1.807) is 0 Å². The highest BCUT2D eigenvalue weighted by molar-refractivity contribution is 6.46. The lowest BCUT2D eigenvalue weighted by Crippen LogP contribution is -2.30. The van der Waals surface area contributed by atoms with Crippen LogP contribution >= 0.6 is 0 Å². The van der Waals surface area contributed by atoms with Gasteiger partial charge in [0.05, 0.1) is 5.48 Å². The van der Waals surface area contributed by atoms with Crippen molar-refractivity contribution in [2.24, 2.45) is 5.73 Å². The Morgan fingerprint density at radius 1 is 1.64 bits per heavy atom. The number of nitrogens with two attached hydrogens (primary N) is 1. The second kappa shape index (κ2) is 3.97. The van der Waals surface area contributed by atoms with E-state index in [2.05, 4.69) is 0 Å². The monoisotopic (exact) mass is 202 g/mol. The molecule has 5 nitrogen and oxygen atoms in total. The number of rotatable bonds is 3. The van der Waals surface area contributed by atoms with Gasteiger partial charge in [-0.05, 0) is 24.1 Å². The van der Waals surface area contributed by atoms with Gasteiger partial charge in [-0.15, -0.1) is 0 Å². The molecule has 0 aliphatic heterocycles. The third-order valence-electron chi connectivity index (χ3n) is 1.24. The van der Waals surface area contributed by atoms with Gasteiger partial charge in [-0.2, -0.15) is 0 Å². The Kier molecular flexibility index (Phi) is 1.32. The first-order valence-electron chi connectivity index (χ1n) is 6.37. The SMILES string of the molecule is [2H]C1=C([2H])C([13C]([2H])([2H])C([2H])(N)C(=O)O)=C([2H])C(=O)C1=O. The van der Waals surface area contributed by atoms with Crippen molar-refractivity contribution in [2.75, 3.05) is 0 Å². The van der Waals surface area contributed by atoms with Crippen molar-refractivity contribution in [3.05, 3.63) is 23.7 Å². The Balaban J connectivity index is 3.64. The second-order valence-electron chi connectivity index (χ2n) is 2.25. The maximum Gasteiger partial charge on any atom is 0.320 e. The van der Waals surface area contributed by atoms with E-state index in [1.807, 2.05) is 0 Å². The fourth-order valence-electron chi connectivity index (χ4n) is 0.628. The molecule has 0 spiro atoms. The van der Waals surface area contributed by atoms with Crippen LogP contribution in [0.1, 0.15) is 14.6 Å². The summed E-state index contributed by atoms with van der Waals surface area (Å²) >= 11 is 0. The number of aliphatic carboxylic acids is 1. The van der Waals surface area contributed by atoms with Crippen LogP contribution in [0.15, 0.2) is 23.7 Å². The molecule has 1 rings (SSSR count). The average Bonchev–Trinajstić information content (AvgIpc) is 2.33. The van der Waals surface area contributed by atoms with Gasteiger partial charge in [0.2, 0.25) is 11.6 Å². The predicted octanol–water partition coefficient (Wildman–Crippen LogP) is -0.577. The third-order valence-corrected chi connectivity index (χ3v) is 1.24. The molecule has 1 atom stereocenters. The maximum absolute atomic E-state index is 11.4. The summed E-state index contributed by atoms with van der Waals surface area (Å²) in [7, 11) is 0. The van der Waals surface area contributed by atoms with Gasteiger partial charge >= 0.3 is 5.97 Å². The predicted molar refractivity (Wildman–Crippen MR) is 47.5 cm³/mol. The number of carbonyl (C=O) groups is 3. The van der Waals surface area contributed by atoms with Crippen molar-refractivity contribution in [3.8, 4) is 0 Å². The molecule has 0 bridgehead atoms. The van der Waals surface area contributed by atoms with Crippen LogP contribution in [-0.4, -0.2) is 28.7 Å². The summed E-state index contributed by atoms with van der Waals surface area (Å²) in [6.07, 6.45) is -3.32. The number of carbonyl (C=O) groups excluding carboxylic acids is 2. The molecule has 1 aliphatic carbocycles. The van der Waals surface area contributed by atoms with Gasteiger partial charge in [-0.1, -0.05) is 6.05 Å². The Morgan fingerprint density at radius 3 is 2.86 bits per heavy atom. The fraction of sp³-hybridized carbons (Fsp3) is 0.222. The summed E-state index contributed by atoms with van der Waals surface area (Å²) in [6.45, 7) is 0. The Labute approximate surface area is 88.3 Å². The van der Waals surface area contributed by atoms with Gasteiger partial charge in [0.25, 0.3) is 0 Å². The van der Waals surface area contributed by atoms with Crippen LogP contribution < -0.4 is 5.73 Å². The van der Waals surface area contributed by atoms with Crippen molar-refractivity contribution >= 4 is 17.5 Å². The van der Waals surface area contributed by atoms with Crippen LogP contribution in [0.5, 0.6) is 0 Å². The molecule has 0 saturated carbocycles. The van der Waals surface area contributed by atoms with E-state index in [9.17, 15) is 14.4 Å². The molecule has 5 heteroatoms. The van der Waals surface area contributed by atoms with Gasteiger partial charge in [-0.3, -0.25) is 14.4 Å². The van der Waals surface area contributed by atoms with Crippen molar-refractivity contribution in [2.45, 2.75) is 12.4 Å². The van der Waals surface area contributed by atoms with E-state index in [4.69, 9.17) is 19.1 Å². The molecule has 0 aromatic carbocycles. The van der Waals surface area contributed by atoms with Crippen molar-refractivity contribution in [1.82, 2.24) is 0 Å². The summed E-state index contributed by atoms with van der Waals surface area (Å²) in [4.78, 5) is 33.4. The summed E-state index contributed by atoms with van der Waals surface area (Å²) in [5.41, 5.74) is 3.87. The van der Waals surface area contributed by atoms with Crippen LogP contribution in [0, 0.1) is 0 Å². The zero-order valence-corrected chi connectivity index (χ0v) is 6.75. The van der Waals surface area contributed by atoms with Gasteiger partial charge in [0.15, 0.2) is 0 Å². The first kappa shape index (κ1) is 4.65. The molecule has 0 aromatic rings. The highest BCUT2D eigenvalue weighted by atomic mass is 16.4. The van der Waals surface area contributed by atoms with Crippen LogP contribution in [0.4, 0.5) is 0 Å². The molecule has 0 amide bonds. The summed E-state index contributed by atoms with van der Waals surface area (Å²) in [6, 6.07) is -6.88. The van der Waals surface area contributed by atoms with Gasteiger partial charge < -0.3 is 10.8 Å². The Bertz CT molecular complexity index is 591. The largest absolute Gasteiger partial charge is 0.480 e. The van der Waals surface area contributed by atoms with E-state index in [1.165, 1.54) is 0 Å². The molecule has 0 fully saturated rings. The maximum atomic E-state index is 11.4. The van der Waals surface area contributed by atoms with Crippen molar-refractivity contribution < 1.29 is 27.7 Å². The highest BCUT2D eigenvalue weighted by Crippen LogP contribution is 2.10. The topological polar surface area (TPSA) is 97.5 Å². The second-order valence-corrected chi connectivity index (χ2v) is 2.25. The molecule has 1 unspecified atom stereocenters. The molecular weight excluding hydrogens is 187 g/mol. The van der Waals surface area contributed by atoms with Crippen LogP contribution in [0.25, 0.3) is 0 Å². The first-order valence-corrected chi connectivity index (χ1v) is 3.37. The highest BCUT2D eigenvalue weighted by Gasteiger charge is 2.17. The number of hydrogen-bond donors (Lipinski definition) is 2. The number of hydrogen-bond acceptors (Lipinski definition) is 4.